The Morgan fingerprint density at radius 3 is 1.94 bits per heavy atom. The van der Waals surface area contributed by atoms with Gasteiger partial charge < -0.3 is 5.32 Å². The lowest BCUT2D eigenvalue weighted by atomic mass is 9.95. The molecule has 0 bridgehead atoms. The van der Waals surface area contributed by atoms with E-state index in [2.05, 4.69) is 49.9 Å². The molecule has 3 heteroatoms. The van der Waals surface area contributed by atoms with Crippen molar-refractivity contribution in [2.24, 2.45) is 0 Å². The minimum absolute atomic E-state index is 0.0249. The Bertz CT molecular complexity index is 341. The summed E-state index contributed by atoms with van der Waals surface area (Å²) in [6.07, 6.45) is 0.999. The molecule has 0 fully saturated rings. The van der Waals surface area contributed by atoms with Crippen molar-refractivity contribution < 1.29 is 0 Å². The lowest BCUT2D eigenvalue weighted by Crippen LogP contribution is -2.20. The molecule has 1 rings (SSSR count). The van der Waals surface area contributed by atoms with Gasteiger partial charge in [-0.1, -0.05) is 20.8 Å². The van der Waals surface area contributed by atoms with Crippen molar-refractivity contribution in [1.29, 1.82) is 0 Å². The summed E-state index contributed by atoms with van der Waals surface area (Å²) in [6, 6.07) is 0. The molecule has 0 radical (unpaired) electrons. The van der Waals surface area contributed by atoms with Gasteiger partial charge in [0.25, 0.3) is 0 Å². The highest BCUT2D eigenvalue weighted by atomic mass is 14.9. The summed E-state index contributed by atoms with van der Waals surface area (Å²) < 4.78 is 0. The van der Waals surface area contributed by atoms with E-state index in [1.165, 1.54) is 5.56 Å². The third-order valence-corrected chi connectivity index (χ3v) is 2.72. The van der Waals surface area contributed by atoms with E-state index in [1.807, 2.05) is 7.05 Å². The van der Waals surface area contributed by atoms with Crippen molar-refractivity contribution >= 4 is 0 Å². The summed E-state index contributed by atoms with van der Waals surface area (Å²) >= 11 is 0. The van der Waals surface area contributed by atoms with Crippen molar-refractivity contribution in [2.75, 3.05) is 13.6 Å². The highest BCUT2D eigenvalue weighted by Gasteiger charge is 2.19. The Morgan fingerprint density at radius 2 is 1.56 bits per heavy atom. The van der Waals surface area contributed by atoms with Crippen molar-refractivity contribution in [3.05, 3.63) is 22.8 Å². The summed E-state index contributed by atoms with van der Waals surface area (Å²) in [5.41, 5.74) is 3.54. The largest absolute Gasteiger partial charge is 0.319 e. The van der Waals surface area contributed by atoms with Gasteiger partial charge in [-0.05, 0) is 39.4 Å². The predicted octanol–water partition coefficient (Wildman–Crippen LogP) is 2.15. The monoisotopic (exact) mass is 221 g/mol. The molecule has 16 heavy (non-hydrogen) atoms. The normalized spacial score (nSPS) is 11.9. The highest BCUT2D eigenvalue weighted by Crippen LogP contribution is 2.21. The molecule has 1 aromatic heterocycles. The van der Waals surface area contributed by atoms with Crippen molar-refractivity contribution in [3.63, 3.8) is 0 Å². The zero-order valence-corrected chi connectivity index (χ0v) is 11.3. The second-order valence-electron chi connectivity index (χ2n) is 5.30. The van der Waals surface area contributed by atoms with Crippen LogP contribution in [-0.4, -0.2) is 23.6 Å². The van der Waals surface area contributed by atoms with Crippen LogP contribution in [0.2, 0.25) is 0 Å². The van der Waals surface area contributed by atoms with E-state index in [1.54, 1.807) is 0 Å². The number of nitrogens with zero attached hydrogens (tertiary/aromatic N) is 2. The third-order valence-electron chi connectivity index (χ3n) is 2.72. The van der Waals surface area contributed by atoms with Crippen LogP contribution in [-0.2, 0) is 11.8 Å². The van der Waals surface area contributed by atoms with Crippen LogP contribution < -0.4 is 5.32 Å². The molecule has 0 aliphatic rings. The quantitative estimate of drug-likeness (QED) is 0.850. The second kappa shape index (κ2) is 4.91. The molecule has 1 aromatic rings. The number of aromatic nitrogens is 2. The fourth-order valence-corrected chi connectivity index (χ4v) is 1.69. The second-order valence-corrected chi connectivity index (χ2v) is 5.30. The fourth-order valence-electron chi connectivity index (χ4n) is 1.69. The number of likely N-dealkylation sites (N-methyl/N-ethyl adjacent to an activating group) is 1. The Hall–Kier alpha value is -0.960. The van der Waals surface area contributed by atoms with E-state index in [4.69, 9.17) is 0 Å². The maximum Gasteiger partial charge on any atom is 0.134 e. The number of rotatable bonds is 3. The topological polar surface area (TPSA) is 37.8 Å². The molecule has 0 saturated heterocycles. The van der Waals surface area contributed by atoms with Crippen LogP contribution in [0.5, 0.6) is 0 Å². The molecular weight excluding hydrogens is 198 g/mol. The van der Waals surface area contributed by atoms with Crippen LogP contribution in [0.25, 0.3) is 0 Å². The van der Waals surface area contributed by atoms with Crippen molar-refractivity contribution in [1.82, 2.24) is 15.3 Å². The van der Waals surface area contributed by atoms with Crippen molar-refractivity contribution in [2.45, 2.75) is 46.5 Å². The van der Waals surface area contributed by atoms with Gasteiger partial charge in [0.15, 0.2) is 0 Å². The molecule has 0 aliphatic heterocycles. The van der Waals surface area contributed by atoms with Crippen LogP contribution in [0.15, 0.2) is 0 Å². The van der Waals surface area contributed by atoms with Gasteiger partial charge in [-0.3, -0.25) is 0 Å². The fraction of sp³-hybridized carbons (Fsp3) is 0.692. The zero-order valence-electron chi connectivity index (χ0n) is 11.3. The van der Waals surface area contributed by atoms with Gasteiger partial charge in [0.05, 0.1) is 0 Å². The van der Waals surface area contributed by atoms with Gasteiger partial charge in [0.1, 0.15) is 5.82 Å². The molecule has 0 saturated carbocycles. The molecule has 90 valence electrons. The maximum atomic E-state index is 4.62. The Kier molecular flexibility index (Phi) is 4.03. The first kappa shape index (κ1) is 13.1. The SMILES string of the molecule is CNCCc1c(C)nc(C(C)(C)C)nc1C. The summed E-state index contributed by atoms with van der Waals surface area (Å²) in [6.45, 7) is 11.6. The molecule has 0 atom stereocenters. The van der Waals surface area contributed by atoms with Crippen LogP contribution in [0, 0.1) is 13.8 Å². The Morgan fingerprint density at radius 1 is 1.06 bits per heavy atom. The van der Waals surface area contributed by atoms with E-state index >= 15 is 0 Å². The molecule has 0 aromatic carbocycles. The summed E-state index contributed by atoms with van der Waals surface area (Å²) in [4.78, 5) is 9.24. The average Bonchev–Trinajstić information content (AvgIpc) is 2.15. The van der Waals surface area contributed by atoms with Crippen LogP contribution in [0.4, 0.5) is 0 Å². The van der Waals surface area contributed by atoms with Crippen LogP contribution in [0.3, 0.4) is 0 Å². The molecule has 3 nitrogen and oxygen atoms in total. The van der Waals surface area contributed by atoms with E-state index in [9.17, 15) is 0 Å². The first-order chi connectivity index (χ1) is 7.36. The van der Waals surface area contributed by atoms with Crippen LogP contribution in [0.1, 0.15) is 43.5 Å². The van der Waals surface area contributed by atoms with Gasteiger partial charge >= 0.3 is 0 Å². The summed E-state index contributed by atoms with van der Waals surface area (Å²) in [7, 11) is 1.97. The molecule has 0 unspecified atom stereocenters. The minimum atomic E-state index is 0.0249. The number of aryl methyl sites for hydroxylation is 2. The summed E-state index contributed by atoms with van der Waals surface area (Å²) in [5, 5.41) is 3.16. The lowest BCUT2D eigenvalue weighted by Gasteiger charge is -2.19. The molecule has 1 heterocycles. The average molecular weight is 221 g/mol. The maximum absolute atomic E-state index is 4.62. The number of nitrogens with one attached hydrogen (secondary N) is 1. The molecule has 0 amide bonds. The van der Waals surface area contributed by atoms with Crippen LogP contribution >= 0.6 is 0 Å². The minimum Gasteiger partial charge on any atom is -0.319 e. The van der Waals surface area contributed by atoms with Gasteiger partial charge in [-0.25, -0.2) is 9.97 Å². The first-order valence-electron chi connectivity index (χ1n) is 5.85. The van der Waals surface area contributed by atoms with Gasteiger partial charge in [0.2, 0.25) is 0 Å². The van der Waals surface area contributed by atoms with Gasteiger partial charge in [-0.2, -0.15) is 0 Å². The van der Waals surface area contributed by atoms with Gasteiger partial charge in [-0.15, -0.1) is 0 Å². The standard InChI is InChI=1S/C13H23N3/c1-9-11(7-8-14-6)10(2)16-12(15-9)13(3,4)5/h14H,7-8H2,1-6H3. The summed E-state index contributed by atoms with van der Waals surface area (Å²) in [5.74, 6) is 0.940. The third kappa shape index (κ3) is 3.01. The van der Waals surface area contributed by atoms with E-state index in [0.717, 1.165) is 30.2 Å². The van der Waals surface area contributed by atoms with Gasteiger partial charge in [0, 0.05) is 16.8 Å². The number of hydrogen-bond acceptors (Lipinski definition) is 3. The molecule has 0 spiro atoms. The molecule has 1 N–H and O–H groups in total. The predicted molar refractivity (Wildman–Crippen MR) is 67.8 cm³/mol. The van der Waals surface area contributed by atoms with E-state index in [-0.39, 0.29) is 5.41 Å². The zero-order chi connectivity index (χ0) is 12.3. The highest BCUT2D eigenvalue weighted by molar-refractivity contribution is 5.26. The number of hydrogen-bond donors (Lipinski definition) is 1. The van der Waals surface area contributed by atoms with E-state index in [0.29, 0.717) is 0 Å². The molecule has 0 aliphatic carbocycles. The lowest BCUT2D eigenvalue weighted by molar-refractivity contribution is 0.538. The smallest absolute Gasteiger partial charge is 0.134 e. The Labute approximate surface area is 98.7 Å². The Balaban J connectivity index is 3.08. The first-order valence-corrected chi connectivity index (χ1v) is 5.85. The van der Waals surface area contributed by atoms with Crippen molar-refractivity contribution in [3.8, 4) is 0 Å². The molecular formula is C13H23N3. The van der Waals surface area contributed by atoms with E-state index < -0.39 is 0 Å².